The average molecular weight is 287 g/mol. The van der Waals surface area contributed by atoms with Crippen LogP contribution in [0.3, 0.4) is 0 Å². The lowest BCUT2D eigenvalue weighted by Gasteiger charge is -2.07. The Kier molecular flexibility index (Phi) is 6.83. The number of unbranched alkanes of at least 4 members (excludes halogenated alkanes) is 1. The van der Waals surface area contributed by atoms with E-state index in [0.29, 0.717) is 6.54 Å². The molecule has 1 rings (SSSR count). The summed E-state index contributed by atoms with van der Waals surface area (Å²) in [6.07, 6.45) is 3.28. The van der Waals surface area contributed by atoms with E-state index < -0.39 is 10.1 Å². The van der Waals surface area contributed by atoms with Crippen LogP contribution in [0.1, 0.15) is 24.8 Å². The van der Waals surface area contributed by atoms with Crippen LogP contribution in [0.25, 0.3) is 0 Å². The average Bonchev–Trinajstić information content (AvgIpc) is 2.35. The van der Waals surface area contributed by atoms with Gasteiger partial charge in [0.2, 0.25) is 0 Å². The van der Waals surface area contributed by atoms with E-state index in [9.17, 15) is 8.42 Å². The van der Waals surface area contributed by atoms with Gasteiger partial charge in [0.25, 0.3) is 10.1 Å². The molecular weight excluding hydrogens is 266 g/mol. The van der Waals surface area contributed by atoms with E-state index in [1.54, 1.807) is 0 Å². The van der Waals surface area contributed by atoms with Crippen molar-refractivity contribution in [2.45, 2.75) is 25.7 Å². The van der Waals surface area contributed by atoms with E-state index in [4.69, 9.17) is 15.0 Å². The van der Waals surface area contributed by atoms with Crippen LogP contribution in [0.5, 0.6) is 5.75 Å². The predicted octanol–water partition coefficient (Wildman–Crippen LogP) is 1.62. The molecule has 0 heterocycles. The van der Waals surface area contributed by atoms with Gasteiger partial charge in [0.05, 0.1) is 12.4 Å². The van der Waals surface area contributed by atoms with Crippen LogP contribution in [0.15, 0.2) is 24.3 Å². The van der Waals surface area contributed by atoms with Crippen LogP contribution in [-0.2, 0) is 16.5 Å². The molecule has 19 heavy (non-hydrogen) atoms. The zero-order valence-electron chi connectivity index (χ0n) is 10.9. The van der Waals surface area contributed by atoms with Gasteiger partial charge in [-0.2, -0.15) is 8.42 Å². The van der Waals surface area contributed by atoms with Gasteiger partial charge < -0.3 is 10.5 Å². The van der Waals surface area contributed by atoms with Crippen molar-refractivity contribution in [1.29, 1.82) is 0 Å². The lowest BCUT2D eigenvalue weighted by atomic mass is 10.1. The molecule has 0 aromatic heterocycles. The first-order valence-corrected chi connectivity index (χ1v) is 7.99. The Hall–Kier alpha value is -1.11. The topological polar surface area (TPSA) is 89.6 Å². The maximum absolute atomic E-state index is 10.5. The fourth-order valence-electron chi connectivity index (χ4n) is 1.70. The second kappa shape index (κ2) is 8.14. The molecular formula is C13H21NO4S. The van der Waals surface area contributed by atoms with Gasteiger partial charge >= 0.3 is 0 Å². The van der Waals surface area contributed by atoms with Crippen molar-refractivity contribution in [3.05, 3.63) is 29.8 Å². The molecule has 1 aromatic carbocycles. The Morgan fingerprint density at radius 1 is 1.21 bits per heavy atom. The summed E-state index contributed by atoms with van der Waals surface area (Å²) in [5.74, 6) is 0.448. The van der Waals surface area contributed by atoms with Crippen LogP contribution in [-0.4, -0.2) is 31.9 Å². The number of nitrogens with two attached hydrogens (primary N) is 1. The minimum atomic E-state index is -3.89. The molecule has 3 N–H and O–H groups in total. The van der Waals surface area contributed by atoms with Crippen molar-refractivity contribution < 1.29 is 17.7 Å². The summed E-state index contributed by atoms with van der Waals surface area (Å²) >= 11 is 0. The van der Waals surface area contributed by atoms with E-state index in [2.05, 4.69) is 0 Å². The summed E-state index contributed by atoms with van der Waals surface area (Å²) in [5, 5.41) is 0. The van der Waals surface area contributed by atoms with Crippen molar-refractivity contribution in [3.8, 4) is 5.75 Å². The molecule has 0 radical (unpaired) electrons. The van der Waals surface area contributed by atoms with Crippen LogP contribution in [0.4, 0.5) is 0 Å². The molecule has 0 aliphatic carbocycles. The molecule has 0 atom stereocenters. The Morgan fingerprint density at radius 3 is 2.68 bits per heavy atom. The van der Waals surface area contributed by atoms with E-state index in [0.717, 1.165) is 25.0 Å². The van der Waals surface area contributed by atoms with Gasteiger partial charge in [-0.05, 0) is 49.9 Å². The van der Waals surface area contributed by atoms with Crippen LogP contribution in [0.2, 0.25) is 0 Å². The summed E-state index contributed by atoms with van der Waals surface area (Å²) in [6.45, 7) is 0.970. The monoisotopic (exact) mass is 287 g/mol. The molecule has 0 saturated heterocycles. The van der Waals surface area contributed by atoms with Crippen molar-refractivity contribution in [3.63, 3.8) is 0 Å². The third kappa shape index (κ3) is 7.81. The molecule has 6 heteroatoms. The summed E-state index contributed by atoms with van der Waals surface area (Å²) in [5.41, 5.74) is 6.63. The third-order valence-electron chi connectivity index (χ3n) is 2.63. The molecule has 0 fully saturated rings. The van der Waals surface area contributed by atoms with Gasteiger partial charge in [-0.1, -0.05) is 12.1 Å². The standard InChI is InChI=1S/C13H21NO4S/c14-8-2-1-5-12-6-3-7-13(11-12)18-9-4-10-19(15,16)17/h3,6-7,11H,1-2,4-5,8-10,14H2,(H,15,16,17). The van der Waals surface area contributed by atoms with Gasteiger partial charge in [-0.15, -0.1) is 0 Å². The van der Waals surface area contributed by atoms with Crippen molar-refractivity contribution in [1.82, 2.24) is 0 Å². The Balaban J connectivity index is 2.35. The first kappa shape index (κ1) is 15.9. The normalized spacial score (nSPS) is 11.5. The number of hydrogen-bond donors (Lipinski definition) is 2. The molecule has 0 amide bonds. The fourth-order valence-corrected chi connectivity index (χ4v) is 2.18. The molecule has 0 aliphatic rings. The molecule has 0 saturated carbocycles. The quantitative estimate of drug-likeness (QED) is 0.532. The molecule has 0 bridgehead atoms. The van der Waals surface area contributed by atoms with Crippen LogP contribution >= 0.6 is 0 Å². The number of hydrogen-bond acceptors (Lipinski definition) is 4. The van der Waals surface area contributed by atoms with Crippen molar-refractivity contribution in [2.24, 2.45) is 5.73 Å². The molecule has 108 valence electrons. The van der Waals surface area contributed by atoms with Crippen LogP contribution in [0, 0.1) is 0 Å². The van der Waals surface area contributed by atoms with E-state index in [-0.39, 0.29) is 18.8 Å². The van der Waals surface area contributed by atoms with Gasteiger partial charge in [0.15, 0.2) is 0 Å². The number of ether oxygens (including phenoxy) is 1. The molecule has 5 nitrogen and oxygen atoms in total. The number of rotatable bonds is 9. The molecule has 1 aromatic rings. The lowest BCUT2D eigenvalue weighted by Crippen LogP contribution is -2.08. The van der Waals surface area contributed by atoms with E-state index >= 15 is 0 Å². The minimum absolute atomic E-state index is 0.270. The van der Waals surface area contributed by atoms with Crippen molar-refractivity contribution in [2.75, 3.05) is 18.9 Å². The second-order valence-electron chi connectivity index (χ2n) is 4.38. The largest absolute Gasteiger partial charge is 0.494 e. The maximum Gasteiger partial charge on any atom is 0.264 e. The van der Waals surface area contributed by atoms with E-state index in [1.165, 1.54) is 5.56 Å². The Bertz CT molecular complexity index is 473. The maximum atomic E-state index is 10.5. The van der Waals surface area contributed by atoms with Gasteiger partial charge in [0.1, 0.15) is 5.75 Å². The molecule has 0 unspecified atom stereocenters. The predicted molar refractivity (Wildman–Crippen MR) is 75.0 cm³/mol. The Labute approximate surface area is 114 Å². The highest BCUT2D eigenvalue weighted by molar-refractivity contribution is 7.85. The zero-order valence-corrected chi connectivity index (χ0v) is 11.7. The molecule has 0 spiro atoms. The van der Waals surface area contributed by atoms with Gasteiger partial charge in [-0.25, -0.2) is 0 Å². The fraction of sp³-hybridized carbons (Fsp3) is 0.538. The highest BCUT2D eigenvalue weighted by Crippen LogP contribution is 2.15. The summed E-state index contributed by atoms with van der Waals surface area (Å²) in [4.78, 5) is 0. The first-order valence-electron chi connectivity index (χ1n) is 6.38. The molecule has 0 aliphatic heterocycles. The Morgan fingerprint density at radius 2 is 2.00 bits per heavy atom. The first-order chi connectivity index (χ1) is 9.01. The van der Waals surface area contributed by atoms with Gasteiger partial charge in [-0.3, -0.25) is 4.55 Å². The summed E-state index contributed by atoms with van der Waals surface area (Å²) in [6, 6.07) is 7.72. The number of benzene rings is 1. The zero-order chi connectivity index (χ0) is 14.1. The summed E-state index contributed by atoms with van der Waals surface area (Å²) < 4.78 is 35.1. The van der Waals surface area contributed by atoms with Gasteiger partial charge in [0, 0.05) is 0 Å². The van der Waals surface area contributed by atoms with Crippen molar-refractivity contribution >= 4 is 10.1 Å². The highest BCUT2D eigenvalue weighted by Gasteiger charge is 2.04. The summed E-state index contributed by atoms with van der Waals surface area (Å²) in [7, 11) is -3.89. The van der Waals surface area contributed by atoms with Crippen LogP contribution < -0.4 is 10.5 Å². The van der Waals surface area contributed by atoms with E-state index in [1.807, 2.05) is 24.3 Å². The smallest absolute Gasteiger partial charge is 0.264 e. The number of aryl methyl sites for hydroxylation is 1. The SMILES string of the molecule is NCCCCc1cccc(OCCCS(=O)(=O)O)c1. The minimum Gasteiger partial charge on any atom is -0.494 e. The highest BCUT2D eigenvalue weighted by atomic mass is 32.2. The lowest BCUT2D eigenvalue weighted by molar-refractivity contribution is 0.315. The third-order valence-corrected chi connectivity index (χ3v) is 3.44. The second-order valence-corrected chi connectivity index (χ2v) is 5.95.